The van der Waals surface area contributed by atoms with E-state index in [1.807, 2.05) is 6.92 Å². The van der Waals surface area contributed by atoms with Crippen LogP contribution in [-0.2, 0) is 9.53 Å². The Hall–Kier alpha value is -2.22. The number of aryl methyl sites for hydroxylation is 1. The molecule has 0 fully saturated rings. The molecule has 1 amide bonds. The van der Waals surface area contributed by atoms with Gasteiger partial charge in [0.15, 0.2) is 0 Å². The topological polar surface area (TPSA) is 104 Å². The summed E-state index contributed by atoms with van der Waals surface area (Å²) in [5, 5.41) is 0.327. The monoisotopic (exact) mass is 337 g/mol. The van der Waals surface area contributed by atoms with Crippen molar-refractivity contribution in [3.63, 3.8) is 0 Å². The predicted molar refractivity (Wildman–Crippen MR) is 87.7 cm³/mol. The van der Waals surface area contributed by atoms with Crippen LogP contribution in [0.4, 0.5) is 0 Å². The van der Waals surface area contributed by atoms with Crippen LogP contribution in [0.2, 0.25) is 0 Å². The lowest BCUT2D eigenvalue weighted by Gasteiger charge is -2.16. The number of aromatic nitrogens is 2. The number of carbonyl (C=O) groups excluding carboxylic acids is 2. The first-order valence-electron chi connectivity index (χ1n) is 7.39. The van der Waals surface area contributed by atoms with Gasteiger partial charge in [0, 0.05) is 0 Å². The molecule has 2 heterocycles. The van der Waals surface area contributed by atoms with Gasteiger partial charge in [0.2, 0.25) is 0 Å². The molecule has 0 saturated carbocycles. The molecule has 124 valence electrons. The van der Waals surface area contributed by atoms with Crippen LogP contribution in [0.1, 0.15) is 48.0 Å². The molecule has 1 atom stereocenters. The second kappa shape index (κ2) is 6.91. The van der Waals surface area contributed by atoms with Crippen molar-refractivity contribution in [3.8, 4) is 0 Å². The summed E-state index contributed by atoms with van der Waals surface area (Å²) >= 11 is 1.08. The van der Waals surface area contributed by atoms with Crippen LogP contribution in [-0.4, -0.2) is 28.0 Å². The summed E-state index contributed by atoms with van der Waals surface area (Å²) in [4.78, 5) is 41.3. The van der Waals surface area contributed by atoms with Gasteiger partial charge in [-0.1, -0.05) is 13.8 Å². The maximum atomic E-state index is 12.7. The second-order valence-corrected chi connectivity index (χ2v) is 6.15. The average Bonchev–Trinajstić information content (AvgIpc) is 2.86. The van der Waals surface area contributed by atoms with E-state index in [-0.39, 0.29) is 5.56 Å². The number of fused-ring (bicyclic) bond motifs is 1. The molecule has 2 aromatic heterocycles. The van der Waals surface area contributed by atoms with Crippen LogP contribution >= 0.6 is 11.3 Å². The molecule has 0 saturated heterocycles. The summed E-state index contributed by atoms with van der Waals surface area (Å²) in [7, 11) is 0. The van der Waals surface area contributed by atoms with Gasteiger partial charge in [0.25, 0.3) is 11.5 Å². The summed E-state index contributed by atoms with van der Waals surface area (Å²) in [5.74, 6) is -1.05. The van der Waals surface area contributed by atoms with Crippen LogP contribution < -0.4 is 11.3 Å². The van der Waals surface area contributed by atoms with Gasteiger partial charge in [0.05, 0.1) is 23.2 Å². The summed E-state index contributed by atoms with van der Waals surface area (Å²) < 4.78 is 6.41. The van der Waals surface area contributed by atoms with E-state index in [4.69, 9.17) is 10.5 Å². The Balaban J connectivity index is 2.55. The molecule has 7 nitrogen and oxygen atoms in total. The van der Waals surface area contributed by atoms with E-state index in [0.29, 0.717) is 40.1 Å². The van der Waals surface area contributed by atoms with Gasteiger partial charge >= 0.3 is 5.97 Å². The molecular formula is C15H19N3O4S. The fourth-order valence-corrected chi connectivity index (χ4v) is 3.36. The standard InChI is InChI=1S/C15H19N3O4S/c1-4-6-22-15(21)9(5-2)18-7-17-13-10(14(18)20)8(3)11(23-13)12(16)19/h7,9H,4-6H2,1-3H3,(H2,16,19). The Morgan fingerprint density at radius 2 is 2.13 bits per heavy atom. The molecule has 0 aliphatic carbocycles. The Morgan fingerprint density at radius 3 is 2.70 bits per heavy atom. The maximum absolute atomic E-state index is 12.7. The summed E-state index contributed by atoms with van der Waals surface area (Å²) in [6.07, 6.45) is 2.44. The number of nitrogens with zero attached hydrogens (tertiary/aromatic N) is 2. The SMILES string of the molecule is CCCOC(=O)C(CC)n1cnc2sc(C(N)=O)c(C)c2c1=O. The van der Waals surface area contributed by atoms with E-state index in [2.05, 4.69) is 4.98 Å². The largest absolute Gasteiger partial charge is 0.464 e. The van der Waals surface area contributed by atoms with E-state index < -0.39 is 17.9 Å². The number of hydrogen-bond donors (Lipinski definition) is 1. The fourth-order valence-electron chi connectivity index (χ4n) is 2.37. The zero-order valence-electron chi connectivity index (χ0n) is 13.3. The molecule has 2 rings (SSSR count). The summed E-state index contributed by atoms with van der Waals surface area (Å²) in [6.45, 7) is 5.66. The fraction of sp³-hybridized carbons (Fsp3) is 0.467. The highest BCUT2D eigenvalue weighted by atomic mass is 32.1. The van der Waals surface area contributed by atoms with E-state index in [9.17, 15) is 14.4 Å². The lowest BCUT2D eigenvalue weighted by Crippen LogP contribution is -2.31. The van der Waals surface area contributed by atoms with Crippen LogP contribution in [0.5, 0.6) is 0 Å². The average molecular weight is 337 g/mol. The lowest BCUT2D eigenvalue weighted by atomic mass is 10.2. The third-order valence-electron chi connectivity index (χ3n) is 3.54. The van der Waals surface area contributed by atoms with Crippen molar-refractivity contribution in [2.75, 3.05) is 6.61 Å². The van der Waals surface area contributed by atoms with Gasteiger partial charge in [-0.2, -0.15) is 0 Å². The highest BCUT2D eigenvalue weighted by Gasteiger charge is 2.24. The molecule has 2 N–H and O–H groups in total. The number of ether oxygens (including phenoxy) is 1. The predicted octanol–water partition coefficient (Wildman–Crippen LogP) is 1.77. The zero-order valence-corrected chi connectivity index (χ0v) is 14.1. The van der Waals surface area contributed by atoms with E-state index in [1.165, 1.54) is 10.9 Å². The number of amides is 1. The normalized spacial score (nSPS) is 12.3. The Bertz CT molecular complexity index is 809. The highest BCUT2D eigenvalue weighted by molar-refractivity contribution is 7.20. The molecule has 0 aromatic carbocycles. The Morgan fingerprint density at radius 1 is 1.43 bits per heavy atom. The molecule has 0 spiro atoms. The van der Waals surface area contributed by atoms with Gasteiger partial charge in [-0.05, 0) is 25.3 Å². The zero-order chi connectivity index (χ0) is 17.1. The molecule has 2 aromatic rings. The Kier molecular flexibility index (Phi) is 5.15. The van der Waals surface area contributed by atoms with Crippen LogP contribution in [0, 0.1) is 6.92 Å². The molecule has 0 radical (unpaired) electrons. The van der Waals surface area contributed by atoms with Crippen LogP contribution in [0.3, 0.4) is 0 Å². The van der Waals surface area contributed by atoms with Crippen molar-refractivity contribution >= 4 is 33.4 Å². The van der Waals surface area contributed by atoms with E-state index >= 15 is 0 Å². The summed E-state index contributed by atoms with van der Waals surface area (Å²) in [6, 6.07) is -0.734. The lowest BCUT2D eigenvalue weighted by molar-refractivity contribution is -0.147. The smallest absolute Gasteiger partial charge is 0.329 e. The van der Waals surface area contributed by atoms with Crippen molar-refractivity contribution in [3.05, 3.63) is 27.1 Å². The van der Waals surface area contributed by atoms with Gasteiger partial charge in [-0.25, -0.2) is 9.78 Å². The molecule has 23 heavy (non-hydrogen) atoms. The highest BCUT2D eigenvalue weighted by Crippen LogP contribution is 2.27. The first-order valence-corrected chi connectivity index (χ1v) is 8.20. The number of hydrogen-bond acceptors (Lipinski definition) is 6. The Labute approximate surface area is 137 Å². The number of primary amides is 1. The molecule has 8 heteroatoms. The minimum Gasteiger partial charge on any atom is -0.464 e. The maximum Gasteiger partial charge on any atom is 0.329 e. The molecule has 0 bridgehead atoms. The summed E-state index contributed by atoms with van der Waals surface area (Å²) in [5.41, 5.74) is 5.45. The van der Waals surface area contributed by atoms with Gasteiger partial charge < -0.3 is 10.5 Å². The van der Waals surface area contributed by atoms with Crippen molar-refractivity contribution in [1.82, 2.24) is 9.55 Å². The molecule has 1 unspecified atom stereocenters. The van der Waals surface area contributed by atoms with Gasteiger partial charge in [0.1, 0.15) is 10.9 Å². The molecule has 0 aliphatic rings. The third-order valence-corrected chi connectivity index (χ3v) is 4.76. The van der Waals surface area contributed by atoms with Crippen LogP contribution in [0.15, 0.2) is 11.1 Å². The number of nitrogens with two attached hydrogens (primary N) is 1. The second-order valence-electron chi connectivity index (χ2n) is 5.15. The van der Waals surface area contributed by atoms with E-state index in [0.717, 1.165) is 11.3 Å². The van der Waals surface area contributed by atoms with Gasteiger partial charge in [-0.3, -0.25) is 14.2 Å². The van der Waals surface area contributed by atoms with Gasteiger partial charge in [-0.15, -0.1) is 11.3 Å². The first-order chi connectivity index (χ1) is 10.9. The number of rotatable bonds is 6. The van der Waals surface area contributed by atoms with Crippen molar-refractivity contribution in [1.29, 1.82) is 0 Å². The van der Waals surface area contributed by atoms with E-state index in [1.54, 1.807) is 13.8 Å². The third kappa shape index (κ3) is 3.12. The van der Waals surface area contributed by atoms with Crippen LogP contribution in [0.25, 0.3) is 10.2 Å². The van der Waals surface area contributed by atoms with Crippen molar-refractivity contribution in [2.24, 2.45) is 5.73 Å². The number of esters is 1. The van der Waals surface area contributed by atoms with Crippen molar-refractivity contribution < 1.29 is 14.3 Å². The van der Waals surface area contributed by atoms with Crippen molar-refractivity contribution in [2.45, 2.75) is 39.7 Å². The quantitative estimate of drug-likeness (QED) is 0.809. The number of thiophene rings is 1. The first kappa shape index (κ1) is 17.1. The molecule has 0 aliphatic heterocycles. The molecular weight excluding hydrogens is 318 g/mol. The number of carbonyl (C=O) groups is 2. The minimum absolute atomic E-state index is 0.309. The minimum atomic E-state index is -0.734.